The van der Waals surface area contributed by atoms with E-state index in [1.807, 2.05) is 24.3 Å². The molecule has 1 rings (SSSR count). The summed E-state index contributed by atoms with van der Waals surface area (Å²) in [6, 6.07) is 7.83. The number of benzene rings is 1. The lowest BCUT2D eigenvalue weighted by Crippen LogP contribution is -2.30. The van der Waals surface area contributed by atoms with Crippen LogP contribution in [0.25, 0.3) is 0 Å². The fraction of sp³-hybridized carbons (Fsp3) is 0.500. The molecule has 1 aromatic rings. The molecular formula is C14H21NO2. The van der Waals surface area contributed by atoms with Crippen LogP contribution in [0.1, 0.15) is 39.7 Å². The summed E-state index contributed by atoms with van der Waals surface area (Å²) in [5.74, 6) is 0.218. The van der Waals surface area contributed by atoms with Crippen LogP contribution in [-0.2, 0) is 10.2 Å². The number of rotatable bonds is 5. The Labute approximate surface area is 103 Å². The number of amides is 1. The van der Waals surface area contributed by atoms with Crippen molar-refractivity contribution in [3.63, 3.8) is 0 Å². The highest BCUT2D eigenvalue weighted by Gasteiger charge is 2.18. The van der Waals surface area contributed by atoms with Gasteiger partial charge < -0.3 is 10.5 Å². The van der Waals surface area contributed by atoms with Crippen LogP contribution >= 0.6 is 0 Å². The molecule has 0 aromatic heterocycles. The lowest BCUT2D eigenvalue weighted by molar-refractivity contribution is -0.123. The van der Waals surface area contributed by atoms with Crippen LogP contribution in [0.3, 0.4) is 0 Å². The van der Waals surface area contributed by atoms with E-state index in [0.717, 1.165) is 6.42 Å². The number of hydrogen-bond acceptors (Lipinski definition) is 2. The Hall–Kier alpha value is -1.51. The molecule has 1 amide bonds. The fourth-order valence-corrected chi connectivity index (χ4v) is 1.45. The summed E-state index contributed by atoms with van der Waals surface area (Å²) < 4.78 is 5.40. The lowest BCUT2D eigenvalue weighted by atomic mass is 9.82. The quantitative estimate of drug-likeness (QED) is 0.853. The predicted molar refractivity (Wildman–Crippen MR) is 69.0 cm³/mol. The summed E-state index contributed by atoms with van der Waals surface area (Å²) in [5.41, 5.74) is 6.56. The number of carbonyl (C=O) groups is 1. The first-order valence-electron chi connectivity index (χ1n) is 5.93. The monoisotopic (exact) mass is 235 g/mol. The van der Waals surface area contributed by atoms with Gasteiger partial charge in [0.25, 0.3) is 5.91 Å². The van der Waals surface area contributed by atoms with E-state index in [1.54, 1.807) is 6.92 Å². The van der Waals surface area contributed by atoms with Crippen molar-refractivity contribution in [2.24, 2.45) is 5.73 Å². The van der Waals surface area contributed by atoms with E-state index in [0.29, 0.717) is 5.75 Å². The summed E-state index contributed by atoms with van der Waals surface area (Å²) in [7, 11) is 0. The molecule has 0 aliphatic rings. The van der Waals surface area contributed by atoms with E-state index in [2.05, 4.69) is 20.8 Å². The summed E-state index contributed by atoms with van der Waals surface area (Å²) in [6.07, 6.45) is 0.477. The van der Waals surface area contributed by atoms with Gasteiger partial charge >= 0.3 is 0 Å². The molecule has 0 unspecified atom stereocenters. The number of carbonyl (C=O) groups excluding carboxylic acids is 1. The standard InChI is InChI=1S/C14H21NO2/c1-5-14(3,4)11-6-8-12(9-7-11)17-10(2)13(15)16/h6-10H,5H2,1-4H3,(H2,15,16)/t10-/m1/s1. The fourth-order valence-electron chi connectivity index (χ4n) is 1.45. The normalized spacial score (nSPS) is 13.2. The van der Waals surface area contributed by atoms with E-state index in [1.165, 1.54) is 5.56 Å². The van der Waals surface area contributed by atoms with Crippen LogP contribution in [0.5, 0.6) is 5.75 Å². The average molecular weight is 235 g/mol. The van der Waals surface area contributed by atoms with Crippen molar-refractivity contribution in [1.29, 1.82) is 0 Å². The minimum Gasteiger partial charge on any atom is -0.481 e. The predicted octanol–water partition coefficient (Wildman–Crippen LogP) is 2.63. The Kier molecular flexibility index (Phi) is 4.16. The Balaban J connectivity index is 2.78. The summed E-state index contributed by atoms with van der Waals surface area (Å²) >= 11 is 0. The van der Waals surface area contributed by atoms with Gasteiger partial charge in [-0.1, -0.05) is 32.9 Å². The Morgan fingerprint density at radius 3 is 2.29 bits per heavy atom. The summed E-state index contributed by atoms with van der Waals surface area (Å²) in [5, 5.41) is 0. The minimum absolute atomic E-state index is 0.161. The minimum atomic E-state index is -0.597. The number of primary amides is 1. The van der Waals surface area contributed by atoms with Crippen LogP contribution in [0.4, 0.5) is 0 Å². The zero-order valence-electron chi connectivity index (χ0n) is 11.0. The molecule has 0 saturated heterocycles. The third-order valence-corrected chi connectivity index (χ3v) is 3.23. The lowest BCUT2D eigenvalue weighted by Gasteiger charge is -2.23. The molecule has 3 nitrogen and oxygen atoms in total. The van der Waals surface area contributed by atoms with Crippen molar-refractivity contribution in [3.8, 4) is 5.75 Å². The summed E-state index contributed by atoms with van der Waals surface area (Å²) in [6.45, 7) is 8.22. The van der Waals surface area contributed by atoms with Crippen molar-refractivity contribution in [2.75, 3.05) is 0 Å². The van der Waals surface area contributed by atoms with E-state index in [9.17, 15) is 4.79 Å². The smallest absolute Gasteiger partial charge is 0.258 e. The van der Waals surface area contributed by atoms with Crippen LogP contribution < -0.4 is 10.5 Å². The number of hydrogen-bond donors (Lipinski definition) is 1. The highest BCUT2D eigenvalue weighted by atomic mass is 16.5. The second kappa shape index (κ2) is 5.21. The molecule has 2 N–H and O–H groups in total. The maximum absolute atomic E-state index is 10.9. The second-order valence-electron chi connectivity index (χ2n) is 4.92. The molecule has 0 bridgehead atoms. The molecule has 3 heteroatoms. The van der Waals surface area contributed by atoms with Crippen molar-refractivity contribution in [2.45, 2.75) is 45.6 Å². The maximum atomic E-state index is 10.9. The first kappa shape index (κ1) is 13.6. The van der Waals surface area contributed by atoms with Crippen molar-refractivity contribution in [3.05, 3.63) is 29.8 Å². The van der Waals surface area contributed by atoms with Crippen LogP contribution in [0, 0.1) is 0 Å². The SMILES string of the molecule is CCC(C)(C)c1ccc(O[C@H](C)C(N)=O)cc1. The van der Waals surface area contributed by atoms with Crippen molar-refractivity contribution < 1.29 is 9.53 Å². The van der Waals surface area contributed by atoms with E-state index < -0.39 is 12.0 Å². The van der Waals surface area contributed by atoms with Gasteiger partial charge in [-0.25, -0.2) is 0 Å². The maximum Gasteiger partial charge on any atom is 0.258 e. The van der Waals surface area contributed by atoms with Crippen molar-refractivity contribution in [1.82, 2.24) is 0 Å². The molecule has 0 fully saturated rings. The molecule has 17 heavy (non-hydrogen) atoms. The van der Waals surface area contributed by atoms with Gasteiger partial charge in [0.2, 0.25) is 0 Å². The second-order valence-corrected chi connectivity index (χ2v) is 4.92. The first-order valence-corrected chi connectivity index (χ1v) is 5.93. The topological polar surface area (TPSA) is 52.3 Å². The van der Waals surface area contributed by atoms with Gasteiger partial charge in [0, 0.05) is 0 Å². The molecule has 1 atom stereocenters. The Morgan fingerprint density at radius 2 is 1.88 bits per heavy atom. The number of ether oxygens (including phenoxy) is 1. The largest absolute Gasteiger partial charge is 0.481 e. The molecule has 0 radical (unpaired) electrons. The molecule has 0 saturated carbocycles. The molecular weight excluding hydrogens is 214 g/mol. The van der Waals surface area contributed by atoms with E-state index >= 15 is 0 Å². The van der Waals surface area contributed by atoms with Gasteiger partial charge in [0.05, 0.1) is 0 Å². The third kappa shape index (κ3) is 3.48. The molecule has 0 spiro atoms. The molecule has 0 heterocycles. The van der Waals surface area contributed by atoms with Gasteiger partial charge in [0.1, 0.15) is 5.75 Å². The highest BCUT2D eigenvalue weighted by molar-refractivity contribution is 5.78. The van der Waals surface area contributed by atoms with E-state index in [-0.39, 0.29) is 5.41 Å². The Morgan fingerprint density at radius 1 is 1.35 bits per heavy atom. The molecule has 0 aliphatic carbocycles. The van der Waals surface area contributed by atoms with Crippen LogP contribution in [0.15, 0.2) is 24.3 Å². The molecule has 1 aromatic carbocycles. The van der Waals surface area contributed by atoms with Crippen molar-refractivity contribution >= 4 is 5.91 Å². The average Bonchev–Trinajstić information content (AvgIpc) is 2.29. The van der Waals surface area contributed by atoms with Gasteiger partial charge in [-0.3, -0.25) is 4.79 Å². The van der Waals surface area contributed by atoms with Gasteiger partial charge in [-0.2, -0.15) is 0 Å². The molecule has 0 aliphatic heterocycles. The zero-order chi connectivity index (χ0) is 13.1. The van der Waals surface area contributed by atoms with Crippen LogP contribution in [-0.4, -0.2) is 12.0 Å². The number of nitrogens with two attached hydrogens (primary N) is 1. The third-order valence-electron chi connectivity index (χ3n) is 3.23. The first-order chi connectivity index (χ1) is 7.86. The molecule has 94 valence electrons. The Bertz CT molecular complexity index is 382. The van der Waals surface area contributed by atoms with E-state index in [4.69, 9.17) is 10.5 Å². The van der Waals surface area contributed by atoms with Crippen LogP contribution in [0.2, 0.25) is 0 Å². The summed E-state index contributed by atoms with van der Waals surface area (Å²) in [4.78, 5) is 10.9. The van der Waals surface area contributed by atoms with Gasteiger partial charge in [0.15, 0.2) is 6.10 Å². The highest BCUT2D eigenvalue weighted by Crippen LogP contribution is 2.28. The van der Waals surface area contributed by atoms with Gasteiger partial charge in [-0.05, 0) is 36.5 Å². The zero-order valence-corrected chi connectivity index (χ0v) is 11.0. The van der Waals surface area contributed by atoms with Gasteiger partial charge in [-0.15, -0.1) is 0 Å².